The van der Waals surface area contributed by atoms with Crippen LogP contribution in [0.4, 0.5) is 5.82 Å². The molecule has 3 nitrogen and oxygen atoms in total. The summed E-state index contributed by atoms with van der Waals surface area (Å²) in [7, 11) is 2.17. The number of hydrogen-bond acceptors (Lipinski definition) is 3. The standard InChI is InChI=1S/C13H19N3/c1-3-4-12-5-6-13(14-11-12)16-9-7-15(2)8-10-16/h3-6,11H,7-10H2,1-2H3/b4-3-. The first-order valence-corrected chi connectivity index (χ1v) is 5.82. The summed E-state index contributed by atoms with van der Waals surface area (Å²) in [5.74, 6) is 1.10. The van der Waals surface area contributed by atoms with Crippen LogP contribution < -0.4 is 4.90 Å². The molecule has 0 N–H and O–H groups in total. The largest absolute Gasteiger partial charge is 0.354 e. The highest BCUT2D eigenvalue weighted by molar-refractivity contribution is 5.51. The van der Waals surface area contributed by atoms with Crippen LogP contribution in [-0.2, 0) is 0 Å². The molecule has 0 aromatic carbocycles. The van der Waals surface area contributed by atoms with Crippen LogP contribution in [0.1, 0.15) is 12.5 Å². The van der Waals surface area contributed by atoms with Gasteiger partial charge in [-0.05, 0) is 31.7 Å². The van der Waals surface area contributed by atoms with E-state index < -0.39 is 0 Å². The van der Waals surface area contributed by atoms with Crippen molar-refractivity contribution in [1.82, 2.24) is 9.88 Å². The topological polar surface area (TPSA) is 19.4 Å². The summed E-state index contributed by atoms with van der Waals surface area (Å²) in [6, 6.07) is 4.24. The van der Waals surface area contributed by atoms with E-state index in [0.717, 1.165) is 32.0 Å². The molecule has 1 aliphatic heterocycles. The molecule has 16 heavy (non-hydrogen) atoms. The number of anilines is 1. The maximum absolute atomic E-state index is 4.50. The number of aromatic nitrogens is 1. The zero-order valence-electron chi connectivity index (χ0n) is 10.1. The van der Waals surface area contributed by atoms with Crippen LogP contribution in [0.15, 0.2) is 24.4 Å². The Balaban J connectivity index is 2.04. The third-order valence-electron chi connectivity index (χ3n) is 2.96. The zero-order valence-corrected chi connectivity index (χ0v) is 10.1. The Hall–Kier alpha value is -1.35. The Morgan fingerprint density at radius 3 is 2.50 bits per heavy atom. The van der Waals surface area contributed by atoms with E-state index in [1.807, 2.05) is 19.2 Å². The minimum Gasteiger partial charge on any atom is -0.354 e. The summed E-state index contributed by atoms with van der Waals surface area (Å²) in [4.78, 5) is 9.20. The van der Waals surface area contributed by atoms with Crippen LogP contribution in [0.2, 0.25) is 0 Å². The lowest BCUT2D eigenvalue weighted by Crippen LogP contribution is -2.44. The van der Waals surface area contributed by atoms with Crippen molar-refractivity contribution in [3.05, 3.63) is 30.0 Å². The van der Waals surface area contributed by atoms with Crippen molar-refractivity contribution < 1.29 is 0 Å². The molecule has 0 atom stereocenters. The van der Waals surface area contributed by atoms with Crippen molar-refractivity contribution >= 4 is 11.9 Å². The van der Waals surface area contributed by atoms with Gasteiger partial charge in [0.15, 0.2) is 0 Å². The minimum atomic E-state index is 1.08. The van der Waals surface area contributed by atoms with Crippen molar-refractivity contribution in [2.24, 2.45) is 0 Å². The predicted octanol–water partition coefficient (Wildman–Crippen LogP) is 1.87. The molecule has 2 heterocycles. The van der Waals surface area contributed by atoms with Gasteiger partial charge in [-0.25, -0.2) is 4.98 Å². The Morgan fingerprint density at radius 2 is 1.94 bits per heavy atom. The number of hydrogen-bond donors (Lipinski definition) is 0. The highest BCUT2D eigenvalue weighted by atomic mass is 15.3. The number of piperazine rings is 1. The van der Waals surface area contributed by atoms with Gasteiger partial charge in [0.25, 0.3) is 0 Å². The van der Waals surface area contributed by atoms with E-state index in [0.29, 0.717) is 0 Å². The summed E-state index contributed by atoms with van der Waals surface area (Å²) in [6.45, 7) is 6.42. The number of nitrogens with zero attached hydrogens (tertiary/aromatic N) is 3. The highest BCUT2D eigenvalue weighted by Crippen LogP contribution is 2.13. The van der Waals surface area contributed by atoms with Gasteiger partial charge in [-0.15, -0.1) is 0 Å². The average molecular weight is 217 g/mol. The maximum atomic E-state index is 4.50. The number of likely N-dealkylation sites (N-methyl/N-ethyl adjacent to an activating group) is 1. The van der Waals surface area contributed by atoms with Crippen LogP contribution in [0, 0.1) is 0 Å². The summed E-state index contributed by atoms with van der Waals surface area (Å²) in [6.07, 6.45) is 6.04. The smallest absolute Gasteiger partial charge is 0.128 e. The second-order valence-electron chi connectivity index (χ2n) is 4.24. The van der Waals surface area contributed by atoms with Crippen LogP contribution in [0.3, 0.4) is 0 Å². The van der Waals surface area contributed by atoms with Gasteiger partial charge in [-0.2, -0.15) is 0 Å². The molecule has 0 unspecified atom stereocenters. The molecule has 0 aliphatic carbocycles. The van der Waals surface area contributed by atoms with Gasteiger partial charge in [-0.1, -0.05) is 12.2 Å². The summed E-state index contributed by atoms with van der Waals surface area (Å²) < 4.78 is 0. The van der Waals surface area contributed by atoms with Gasteiger partial charge < -0.3 is 9.80 Å². The SMILES string of the molecule is C/C=C\c1ccc(N2CCN(C)CC2)nc1. The molecule has 2 rings (SSSR count). The lowest BCUT2D eigenvalue weighted by atomic mass is 10.2. The third kappa shape index (κ3) is 2.61. The van der Waals surface area contributed by atoms with E-state index in [4.69, 9.17) is 0 Å². The van der Waals surface area contributed by atoms with E-state index in [2.05, 4.69) is 40.0 Å². The molecule has 1 saturated heterocycles. The van der Waals surface area contributed by atoms with Crippen molar-refractivity contribution in [2.75, 3.05) is 38.1 Å². The van der Waals surface area contributed by atoms with E-state index in [1.54, 1.807) is 0 Å². The van der Waals surface area contributed by atoms with Gasteiger partial charge in [0.1, 0.15) is 5.82 Å². The fraction of sp³-hybridized carbons (Fsp3) is 0.462. The van der Waals surface area contributed by atoms with Crippen molar-refractivity contribution in [3.8, 4) is 0 Å². The molecule has 1 fully saturated rings. The van der Waals surface area contributed by atoms with E-state index in [9.17, 15) is 0 Å². The average Bonchev–Trinajstić information content (AvgIpc) is 2.32. The molecule has 86 valence electrons. The molecule has 1 aromatic heterocycles. The van der Waals surface area contributed by atoms with Gasteiger partial charge in [-0.3, -0.25) is 0 Å². The molecular formula is C13H19N3. The molecule has 0 amide bonds. The fourth-order valence-corrected chi connectivity index (χ4v) is 1.91. The number of allylic oxidation sites excluding steroid dienone is 1. The van der Waals surface area contributed by atoms with Crippen LogP contribution >= 0.6 is 0 Å². The summed E-state index contributed by atoms with van der Waals surface area (Å²) in [5.41, 5.74) is 1.17. The van der Waals surface area contributed by atoms with E-state index in [1.165, 1.54) is 5.56 Å². The van der Waals surface area contributed by atoms with Gasteiger partial charge in [0, 0.05) is 32.4 Å². The monoisotopic (exact) mass is 217 g/mol. The Labute approximate surface area is 97.4 Å². The van der Waals surface area contributed by atoms with Crippen LogP contribution in [0.5, 0.6) is 0 Å². The Morgan fingerprint density at radius 1 is 1.19 bits per heavy atom. The number of pyridine rings is 1. The van der Waals surface area contributed by atoms with E-state index >= 15 is 0 Å². The summed E-state index contributed by atoms with van der Waals surface area (Å²) >= 11 is 0. The van der Waals surface area contributed by atoms with E-state index in [-0.39, 0.29) is 0 Å². The first-order chi connectivity index (χ1) is 7.79. The highest BCUT2D eigenvalue weighted by Gasteiger charge is 2.14. The van der Waals surface area contributed by atoms with Gasteiger partial charge in [0.05, 0.1) is 0 Å². The minimum absolute atomic E-state index is 1.08. The lowest BCUT2D eigenvalue weighted by molar-refractivity contribution is 0.312. The van der Waals surface area contributed by atoms with Gasteiger partial charge >= 0.3 is 0 Å². The summed E-state index contributed by atoms with van der Waals surface area (Å²) in [5, 5.41) is 0. The molecule has 0 saturated carbocycles. The van der Waals surface area contributed by atoms with Crippen molar-refractivity contribution in [1.29, 1.82) is 0 Å². The molecule has 0 radical (unpaired) electrons. The molecular weight excluding hydrogens is 198 g/mol. The first-order valence-electron chi connectivity index (χ1n) is 5.82. The number of rotatable bonds is 2. The second-order valence-corrected chi connectivity index (χ2v) is 4.24. The molecule has 0 spiro atoms. The van der Waals surface area contributed by atoms with Crippen LogP contribution in [0.25, 0.3) is 6.08 Å². The normalized spacial score (nSPS) is 18.2. The molecule has 0 bridgehead atoms. The maximum Gasteiger partial charge on any atom is 0.128 e. The Bertz CT molecular complexity index is 348. The zero-order chi connectivity index (χ0) is 11.4. The molecule has 1 aromatic rings. The van der Waals surface area contributed by atoms with Gasteiger partial charge in [0.2, 0.25) is 0 Å². The fourth-order valence-electron chi connectivity index (χ4n) is 1.91. The van der Waals surface area contributed by atoms with Crippen LogP contribution in [-0.4, -0.2) is 43.1 Å². The van der Waals surface area contributed by atoms with Crippen molar-refractivity contribution in [3.63, 3.8) is 0 Å². The molecule has 3 heteroatoms. The quantitative estimate of drug-likeness (QED) is 0.754. The predicted molar refractivity (Wildman–Crippen MR) is 68.7 cm³/mol. The third-order valence-corrected chi connectivity index (χ3v) is 2.96. The van der Waals surface area contributed by atoms with Crippen molar-refractivity contribution in [2.45, 2.75) is 6.92 Å². The lowest BCUT2D eigenvalue weighted by Gasteiger charge is -2.33. The molecule has 1 aliphatic rings. The second kappa shape index (κ2) is 5.12. The first kappa shape index (κ1) is 11.1. The Kier molecular flexibility index (Phi) is 3.57.